The number of nitrogens with zero attached hydrogens (tertiary/aromatic N) is 3. The van der Waals surface area contributed by atoms with Crippen LogP contribution in [0.4, 0.5) is 5.69 Å². The van der Waals surface area contributed by atoms with Crippen LogP contribution >= 0.6 is 11.3 Å². The topological polar surface area (TPSA) is 45.0 Å². The number of carbonyl (C=O) groups excluding carboxylic acids is 1. The van der Waals surface area contributed by atoms with E-state index in [0.29, 0.717) is 6.42 Å². The van der Waals surface area contributed by atoms with Crippen molar-refractivity contribution < 1.29 is 4.79 Å². The van der Waals surface area contributed by atoms with Crippen LogP contribution in [0.2, 0.25) is 0 Å². The Morgan fingerprint density at radius 3 is 2.92 bits per heavy atom. The molecular weight excluding hydrogens is 330 g/mol. The number of hydrogen-bond acceptors (Lipinski definition) is 5. The van der Waals surface area contributed by atoms with Crippen LogP contribution in [0.5, 0.6) is 0 Å². The monoisotopic (exact) mass is 345 g/mol. The first-order valence-electron chi connectivity index (χ1n) is 8.29. The van der Waals surface area contributed by atoms with Crippen LogP contribution in [0, 0.1) is 0 Å². The molecule has 0 spiro atoms. The number of thiophene rings is 1. The molecule has 2 aromatic carbocycles. The summed E-state index contributed by atoms with van der Waals surface area (Å²) in [5.74, 6) is 1.86. The van der Waals surface area contributed by atoms with E-state index in [4.69, 9.17) is 4.99 Å². The second-order valence-electron chi connectivity index (χ2n) is 6.15. The maximum atomic E-state index is 12.9. The molecule has 5 rings (SSSR count). The molecule has 1 aromatic heterocycles. The van der Waals surface area contributed by atoms with Gasteiger partial charge in [-0.25, -0.2) is 4.99 Å². The quantitative estimate of drug-likeness (QED) is 0.665. The molecular formula is C20H15N3OS. The molecule has 0 N–H and O–H groups in total. The van der Waals surface area contributed by atoms with Crippen LogP contribution in [0.25, 0.3) is 10.1 Å². The average Bonchev–Trinajstić information content (AvgIpc) is 3.29. The van der Waals surface area contributed by atoms with Crippen molar-refractivity contribution in [1.29, 1.82) is 0 Å². The van der Waals surface area contributed by atoms with Gasteiger partial charge in [-0.1, -0.05) is 30.3 Å². The predicted molar refractivity (Wildman–Crippen MR) is 102 cm³/mol. The highest BCUT2D eigenvalue weighted by molar-refractivity contribution is 7.17. The third-order valence-electron chi connectivity index (χ3n) is 4.65. The van der Waals surface area contributed by atoms with Crippen molar-refractivity contribution in [2.24, 2.45) is 9.98 Å². The minimum Gasteiger partial charge on any atom is -0.312 e. The van der Waals surface area contributed by atoms with Gasteiger partial charge < -0.3 is 4.90 Å². The van der Waals surface area contributed by atoms with Crippen LogP contribution in [-0.4, -0.2) is 35.4 Å². The molecule has 122 valence electrons. The van der Waals surface area contributed by atoms with Crippen LogP contribution < -0.4 is 0 Å². The van der Waals surface area contributed by atoms with E-state index in [0.717, 1.165) is 51.7 Å². The summed E-state index contributed by atoms with van der Waals surface area (Å²) in [4.78, 5) is 24.4. The Kier molecular flexibility index (Phi) is 3.28. The lowest BCUT2D eigenvalue weighted by molar-refractivity contribution is 0.100. The minimum absolute atomic E-state index is 0.113. The van der Waals surface area contributed by atoms with E-state index in [-0.39, 0.29) is 5.78 Å². The molecule has 0 saturated heterocycles. The molecule has 4 nitrogen and oxygen atoms in total. The zero-order chi connectivity index (χ0) is 16.8. The summed E-state index contributed by atoms with van der Waals surface area (Å²) in [6, 6.07) is 16.0. The summed E-state index contributed by atoms with van der Waals surface area (Å²) in [6.45, 7) is 1.54. The van der Waals surface area contributed by atoms with Crippen molar-refractivity contribution in [2.45, 2.75) is 6.42 Å². The van der Waals surface area contributed by atoms with Gasteiger partial charge in [0.25, 0.3) is 0 Å². The maximum absolute atomic E-state index is 12.9. The zero-order valence-corrected chi connectivity index (χ0v) is 14.3. The molecule has 3 heterocycles. The normalized spacial score (nSPS) is 15.6. The number of rotatable bonds is 3. The van der Waals surface area contributed by atoms with Gasteiger partial charge in [0, 0.05) is 33.1 Å². The largest absolute Gasteiger partial charge is 0.312 e. The molecule has 2 aliphatic heterocycles. The van der Waals surface area contributed by atoms with Crippen molar-refractivity contribution in [1.82, 2.24) is 4.90 Å². The Bertz CT molecular complexity index is 1060. The average molecular weight is 345 g/mol. The fraction of sp³-hybridized carbons (Fsp3) is 0.150. The summed E-state index contributed by atoms with van der Waals surface area (Å²) in [6.07, 6.45) is 0.300. The summed E-state index contributed by atoms with van der Waals surface area (Å²) in [7, 11) is 0. The number of ketones is 1. The van der Waals surface area contributed by atoms with E-state index in [1.54, 1.807) is 11.3 Å². The molecule has 25 heavy (non-hydrogen) atoms. The Morgan fingerprint density at radius 1 is 1.12 bits per heavy atom. The van der Waals surface area contributed by atoms with Crippen LogP contribution in [-0.2, 0) is 0 Å². The molecule has 0 saturated carbocycles. The van der Waals surface area contributed by atoms with Crippen LogP contribution in [0.1, 0.15) is 22.3 Å². The first kappa shape index (κ1) is 14.5. The summed E-state index contributed by atoms with van der Waals surface area (Å²) in [5, 5.41) is 2.99. The number of amidine groups is 2. The van der Waals surface area contributed by atoms with E-state index >= 15 is 0 Å². The number of benzene rings is 2. The predicted octanol–water partition coefficient (Wildman–Crippen LogP) is 4.28. The first-order chi connectivity index (χ1) is 12.3. The molecule has 0 unspecified atom stereocenters. The van der Waals surface area contributed by atoms with E-state index in [1.165, 1.54) is 0 Å². The van der Waals surface area contributed by atoms with Crippen LogP contribution in [0.3, 0.4) is 0 Å². The van der Waals surface area contributed by atoms with Crippen molar-refractivity contribution >= 4 is 44.6 Å². The molecule has 0 radical (unpaired) electrons. The maximum Gasteiger partial charge on any atom is 0.171 e. The van der Waals surface area contributed by atoms with Gasteiger partial charge in [0.1, 0.15) is 11.7 Å². The lowest BCUT2D eigenvalue weighted by Gasteiger charge is -2.27. The van der Waals surface area contributed by atoms with Crippen molar-refractivity contribution in [2.75, 3.05) is 13.1 Å². The van der Waals surface area contributed by atoms with Gasteiger partial charge in [-0.15, -0.1) is 11.3 Å². The van der Waals surface area contributed by atoms with Crippen molar-refractivity contribution in [3.05, 3.63) is 65.0 Å². The molecule has 0 amide bonds. The first-order valence-corrected chi connectivity index (χ1v) is 9.17. The summed E-state index contributed by atoms with van der Waals surface area (Å²) in [5.41, 5.74) is 2.74. The lowest BCUT2D eigenvalue weighted by Crippen LogP contribution is -2.38. The van der Waals surface area contributed by atoms with Gasteiger partial charge in [0.05, 0.1) is 18.7 Å². The Hall–Kier alpha value is -2.79. The van der Waals surface area contributed by atoms with Gasteiger partial charge in [0.2, 0.25) is 0 Å². The molecule has 0 atom stereocenters. The molecule has 0 fully saturated rings. The SMILES string of the molecule is O=C(CC1=Nc2ccccc2C2=NCCN12)c1csc2ccccc12. The highest BCUT2D eigenvalue weighted by Gasteiger charge is 2.30. The van der Waals surface area contributed by atoms with Crippen molar-refractivity contribution in [3.63, 3.8) is 0 Å². The molecule has 3 aromatic rings. The fourth-order valence-electron chi connectivity index (χ4n) is 3.46. The number of aliphatic imine (C=N–C) groups is 2. The zero-order valence-electron chi connectivity index (χ0n) is 13.5. The van der Waals surface area contributed by atoms with E-state index in [1.807, 2.05) is 47.8 Å². The number of hydrogen-bond donors (Lipinski definition) is 0. The molecule has 2 aliphatic rings. The molecule has 0 bridgehead atoms. The molecule has 5 heteroatoms. The van der Waals surface area contributed by atoms with Crippen LogP contribution in [0.15, 0.2) is 63.9 Å². The third kappa shape index (κ3) is 2.31. The highest BCUT2D eigenvalue weighted by Crippen LogP contribution is 2.31. The summed E-state index contributed by atoms with van der Waals surface area (Å²) < 4.78 is 1.14. The number of Topliss-reactive ketones (excluding diaryl/α,β-unsaturated/α-hetero) is 1. The lowest BCUT2D eigenvalue weighted by atomic mass is 10.0. The third-order valence-corrected chi connectivity index (χ3v) is 5.61. The second kappa shape index (κ2) is 5.63. The van der Waals surface area contributed by atoms with Gasteiger partial charge in [-0.2, -0.15) is 0 Å². The highest BCUT2D eigenvalue weighted by atomic mass is 32.1. The van der Waals surface area contributed by atoms with Crippen molar-refractivity contribution in [3.8, 4) is 0 Å². The van der Waals surface area contributed by atoms with Gasteiger partial charge in [0.15, 0.2) is 5.78 Å². The Balaban J connectivity index is 1.53. The van der Waals surface area contributed by atoms with Gasteiger partial charge in [-0.05, 0) is 18.2 Å². The Morgan fingerprint density at radius 2 is 1.96 bits per heavy atom. The Labute approximate surface area is 149 Å². The van der Waals surface area contributed by atoms with E-state index in [2.05, 4.69) is 16.0 Å². The number of carbonyl (C=O) groups is 1. The minimum atomic E-state index is 0.113. The van der Waals surface area contributed by atoms with E-state index < -0.39 is 0 Å². The van der Waals surface area contributed by atoms with Gasteiger partial charge in [-0.3, -0.25) is 9.79 Å². The fourth-order valence-corrected chi connectivity index (χ4v) is 4.42. The smallest absolute Gasteiger partial charge is 0.171 e. The number of para-hydroxylation sites is 1. The van der Waals surface area contributed by atoms with E-state index in [9.17, 15) is 4.79 Å². The molecule has 0 aliphatic carbocycles. The summed E-state index contributed by atoms with van der Waals surface area (Å²) >= 11 is 1.61. The standard InChI is InChI=1S/C20H15N3OS/c24-17(15-12-25-18-8-4-2-5-13(15)18)11-19-22-16-7-3-1-6-14(16)20-21-9-10-23(19)20/h1-8,12H,9-11H2. The second-order valence-corrected chi connectivity index (χ2v) is 7.06. The van der Waals surface area contributed by atoms with Gasteiger partial charge >= 0.3 is 0 Å². The number of fused-ring (bicyclic) bond motifs is 4.